The Morgan fingerprint density at radius 1 is 1.17 bits per heavy atom. The molecule has 108 valence electrons. The van der Waals surface area contributed by atoms with Crippen molar-refractivity contribution in [1.82, 2.24) is 0 Å². The molecular formula is C11H21ClO5S. The average molecular weight is 301 g/mol. The fourth-order valence-corrected chi connectivity index (χ4v) is 1.53. The highest BCUT2D eigenvalue weighted by Gasteiger charge is 2.25. The van der Waals surface area contributed by atoms with E-state index in [1.54, 1.807) is 34.6 Å². The van der Waals surface area contributed by atoms with Gasteiger partial charge in [-0.15, -0.1) is 0 Å². The van der Waals surface area contributed by atoms with Crippen molar-refractivity contribution >= 4 is 26.0 Å². The number of carbonyl (C=O) groups excluding carboxylic acids is 1. The van der Waals surface area contributed by atoms with E-state index >= 15 is 0 Å². The standard InChI is InChI=1S/C11H21ClO5S/c1-10(2,3)9(13)16-7-6-11(4,5)8-17-18(12,14)15/h6-8H2,1-5H3. The van der Waals surface area contributed by atoms with Gasteiger partial charge in [0.05, 0.1) is 18.6 Å². The molecule has 0 radical (unpaired) electrons. The van der Waals surface area contributed by atoms with Gasteiger partial charge in [-0.2, -0.15) is 8.42 Å². The number of halogens is 1. The first-order valence-electron chi connectivity index (χ1n) is 5.60. The van der Waals surface area contributed by atoms with Crippen LogP contribution in [0.2, 0.25) is 0 Å². The molecule has 0 aromatic carbocycles. The van der Waals surface area contributed by atoms with Crippen LogP contribution in [0, 0.1) is 10.8 Å². The molecule has 0 bridgehead atoms. The molecule has 0 N–H and O–H groups in total. The lowest BCUT2D eigenvalue weighted by molar-refractivity contribution is -0.153. The normalized spacial score (nSPS) is 13.4. The van der Waals surface area contributed by atoms with Gasteiger partial charge in [-0.1, -0.05) is 13.8 Å². The van der Waals surface area contributed by atoms with Crippen LogP contribution in [0.25, 0.3) is 0 Å². The van der Waals surface area contributed by atoms with E-state index in [0.717, 1.165) is 0 Å². The Balaban J connectivity index is 4.09. The second-order valence-electron chi connectivity index (χ2n) is 5.96. The molecule has 0 saturated carbocycles. The number of rotatable bonds is 6. The summed E-state index contributed by atoms with van der Waals surface area (Å²) in [6, 6.07) is 0. The van der Waals surface area contributed by atoms with Crippen LogP contribution < -0.4 is 0 Å². The third-order valence-electron chi connectivity index (χ3n) is 2.21. The van der Waals surface area contributed by atoms with Gasteiger partial charge in [0.15, 0.2) is 0 Å². The quantitative estimate of drug-likeness (QED) is 0.557. The topological polar surface area (TPSA) is 69.7 Å². The van der Waals surface area contributed by atoms with E-state index in [1.165, 1.54) is 0 Å². The van der Waals surface area contributed by atoms with E-state index in [2.05, 4.69) is 4.18 Å². The van der Waals surface area contributed by atoms with E-state index in [1.807, 2.05) is 0 Å². The van der Waals surface area contributed by atoms with Gasteiger partial charge in [-0.25, -0.2) is 0 Å². The number of hydrogen-bond acceptors (Lipinski definition) is 5. The number of carbonyl (C=O) groups is 1. The van der Waals surface area contributed by atoms with E-state index in [9.17, 15) is 13.2 Å². The molecule has 0 amide bonds. The Hall–Kier alpha value is -0.330. The minimum Gasteiger partial charge on any atom is -0.465 e. The summed E-state index contributed by atoms with van der Waals surface area (Å²) in [4.78, 5) is 11.5. The minimum absolute atomic E-state index is 0.0497. The molecular weight excluding hydrogens is 280 g/mol. The summed E-state index contributed by atoms with van der Waals surface area (Å²) in [7, 11) is 0.991. The van der Waals surface area contributed by atoms with Crippen molar-refractivity contribution < 1.29 is 22.1 Å². The first-order valence-corrected chi connectivity index (χ1v) is 7.83. The van der Waals surface area contributed by atoms with Crippen LogP contribution in [0.15, 0.2) is 0 Å². The lowest BCUT2D eigenvalue weighted by Crippen LogP contribution is -2.27. The monoisotopic (exact) mass is 300 g/mol. The fraction of sp³-hybridized carbons (Fsp3) is 0.909. The maximum absolute atomic E-state index is 11.5. The van der Waals surface area contributed by atoms with Crippen molar-refractivity contribution in [1.29, 1.82) is 0 Å². The lowest BCUT2D eigenvalue weighted by Gasteiger charge is -2.24. The first kappa shape index (κ1) is 17.7. The van der Waals surface area contributed by atoms with Gasteiger partial charge in [-0.05, 0) is 32.6 Å². The van der Waals surface area contributed by atoms with Gasteiger partial charge in [0, 0.05) is 10.7 Å². The fourth-order valence-electron chi connectivity index (χ4n) is 0.939. The molecule has 0 rings (SSSR count). The van der Waals surface area contributed by atoms with Gasteiger partial charge in [-0.3, -0.25) is 8.98 Å². The summed E-state index contributed by atoms with van der Waals surface area (Å²) in [6.45, 7) is 9.08. The van der Waals surface area contributed by atoms with Crippen LogP contribution in [-0.4, -0.2) is 27.6 Å². The molecule has 0 fully saturated rings. The van der Waals surface area contributed by atoms with Gasteiger partial charge in [0.2, 0.25) is 0 Å². The Morgan fingerprint density at radius 3 is 2.06 bits per heavy atom. The highest BCUT2D eigenvalue weighted by molar-refractivity contribution is 8.09. The highest BCUT2D eigenvalue weighted by atomic mass is 35.7. The molecule has 0 heterocycles. The lowest BCUT2D eigenvalue weighted by atomic mass is 9.91. The highest BCUT2D eigenvalue weighted by Crippen LogP contribution is 2.23. The molecule has 0 atom stereocenters. The van der Waals surface area contributed by atoms with E-state index in [0.29, 0.717) is 6.42 Å². The molecule has 0 spiro atoms. The summed E-state index contributed by atoms with van der Waals surface area (Å²) in [5.74, 6) is -0.288. The second-order valence-corrected chi connectivity index (χ2v) is 8.11. The SMILES string of the molecule is CC(C)(CCOC(=O)C(C)(C)C)COS(=O)(=O)Cl. The summed E-state index contributed by atoms with van der Waals surface area (Å²) in [6.07, 6.45) is 0.487. The maximum Gasteiger partial charge on any atom is 0.355 e. The smallest absolute Gasteiger partial charge is 0.355 e. The third-order valence-corrected chi connectivity index (χ3v) is 2.88. The van der Waals surface area contributed by atoms with E-state index in [4.69, 9.17) is 15.4 Å². The summed E-state index contributed by atoms with van der Waals surface area (Å²) < 4.78 is 30.9. The Bertz CT molecular complexity index is 381. The Morgan fingerprint density at radius 2 is 1.67 bits per heavy atom. The molecule has 0 saturated heterocycles. The van der Waals surface area contributed by atoms with Crippen LogP contribution >= 0.6 is 10.7 Å². The minimum atomic E-state index is -3.96. The second kappa shape index (κ2) is 6.21. The zero-order valence-corrected chi connectivity index (χ0v) is 13.0. The van der Waals surface area contributed by atoms with Gasteiger partial charge in [0.1, 0.15) is 0 Å². The number of ether oxygens (including phenoxy) is 1. The number of hydrogen-bond donors (Lipinski definition) is 0. The Kier molecular flexibility index (Phi) is 6.10. The molecule has 5 nitrogen and oxygen atoms in total. The summed E-state index contributed by atoms with van der Waals surface area (Å²) in [5, 5.41) is 0. The van der Waals surface area contributed by atoms with Crippen LogP contribution in [0.3, 0.4) is 0 Å². The zero-order valence-electron chi connectivity index (χ0n) is 11.4. The Labute approximate surface area is 113 Å². The van der Waals surface area contributed by atoms with Crippen LogP contribution in [0.1, 0.15) is 41.0 Å². The maximum atomic E-state index is 11.5. The van der Waals surface area contributed by atoms with E-state index < -0.39 is 20.2 Å². The van der Waals surface area contributed by atoms with Crippen molar-refractivity contribution in [2.75, 3.05) is 13.2 Å². The first-order chi connectivity index (χ1) is 7.83. The van der Waals surface area contributed by atoms with Crippen molar-refractivity contribution in [3.8, 4) is 0 Å². The van der Waals surface area contributed by atoms with Gasteiger partial charge in [0.25, 0.3) is 0 Å². The van der Waals surface area contributed by atoms with Gasteiger partial charge < -0.3 is 4.74 Å². The molecule has 7 heteroatoms. The summed E-state index contributed by atoms with van der Waals surface area (Å²) in [5.41, 5.74) is -0.986. The zero-order chi connectivity index (χ0) is 14.6. The van der Waals surface area contributed by atoms with Gasteiger partial charge >= 0.3 is 15.3 Å². The number of esters is 1. The van der Waals surface area contributed by atoms with Crippen molar-refractivity contribution in [3.63, 3.8) is 0 Å². The average Bonchev–Trinajstić information content (AvgIpc) is 2.12. The third kappa shape index (κ3) is 8.72. The molecule has 0 aromatic rings. The predicted molar refractivity (Wildman–Crippen MR) is 69.5 cm³/mol. The molecule has 0 aromatic heterocycles. The molecule has 0 aliphatic heterocycles. The largest absolute Gasteiger partial charge is 0.465 e. The van der Waals surface area contributed by atoms with Crippen LogP contribution in [0.4, 0.5) is 0 Å². The molecule has 0 unspecified atom stereocenters. The summed E-state index contributed by atoms with van der Waals surface area (Å²) >= 11 is 0. The van der Waals surface area contributed by atoms with Crippen molar-refractivity contribution in [2.24, 2.45) is 10.8 Å². The van der Waals surface area contributed by atoms with Crippen LogP contribution in [-0.2, 0) is 23.0 Å². The van der Waals surface area contributed by atoms with Crippen molar-refractivity contribution in [2.45, 2.75) is 41.0 Å². The van der Waals surface area contributed by atoms with Crippen LogP contribution in [0.5, 0.6) is 0 Å². The molecule has 0 aliphatic carbocycles. The predicted octanol–water partition coefficient (Wildman–Crippen LogP) is 2.49. The molecule has 18 heavy (non-hydrogen) atoms. The molecule has 0 aliphatic rings. The van der Waals surface area contributed by atoms with Crippen molar-refractivity contribution in [3.05, 3.63) is 0 Å². The van der Waals surface area contributed by atoms with E-state index in [-0.39, 0.29) is 19.2 Å².